The van der Waals surface area contributed by atoms with Gasteiger partial charge in [-0.05, 0) is 43.7 Å². The fourth-order valence-corrected chi connectivity index (χ4v) is 2.23. The number of benzene rings is 2. The maximum Gasteiger partial charge on any atom is 0.336 e. The van der Waals surface area contributed by atoms with Crippen LogP contribution in [-0.2, 0) is 9.53 Å². The molecule has 0 radical (unpaired) electrons. The molecule has 2 aromatic carbocycles. The SMILES string of the molecule is CCOC(=O)CC(C)=[OH+].Cc1cc(=O)oc2cc(O)ccc12.Oc1cccc(O)c1. The molecule has 3 rings (SSSR count). The van der Waals surface area contributed by atoms with E-state index >= 15 is 0 Å². The number of phenolic OH excluding ortho intramolecular Hbond substituents is 3. The van der Waals surface area contributed by atoms with Gasteiger partial charge in [-0.3, -0.25) is 9.59 Å². The van der Waals surface area contributed by atoms with E-state index in [2.05, 4.69) is 4.74 Å². The Balaban J connectivity index is 0.000000235. The Bertz CT molecular complexity index is 1040. The standard InChI is InChI=1S/C10H8O3.C6H10O3.C6H6O2/c1-6-4-10(12)13-9-5-7(11)2-3-8(6)9;1-3-9-6(8)4-5(2)7;7-5-2-1-3-6(8)4-5/h2-5,11H,1H3;3-4H2,1-2H3;1-4,7-8H/p+1. The van der Waals surface area contributed by atoms with Gasteiger partial charge in [0, 0.05) is 30.5 Å². The second kappa shape index (κ2) is 11.9. The summed E-state index contributed by atoms with van der Waals surface area (Å²) in [7, 11) is 0. The summed E-state index contributed by atoms with van der Waals surface area (Å²) in [6, 6.07) is 12.0. The third-order valence-electron chi connectivity index (χ3n) is 3.47. The van der Waals surface area contributed by atoms with Gasteiger partial charge >= 0.3 is 17.4 Å². The molecule has 160 valence electrons. The number of esters is 1. The van der Waals surface area contributed by atoms with Gasteiger partial charge in [0.2, 0.25) is 0 Å². The molecule has 1 aromatic heterocycles. The van der Waals surface area contributed by atoms with E-state index in [0.717, 1.165) is 10.9 Å². The van der Waals surface area contributed by atoms with Crippen LogP contribution in [0.15, 0.2) is 57.7 Å². The lowest BCUT2D eigenvalue weighted by molar-refractivity contribution is -0.141. The number of carbonyl (C=O) groups excluding carboxylic acids is 2. The van der Waals surface area contributed by atoms with Crippen molar-refractivity contribution in [2.45, 2.75) is 27.2 Å². The van der Waals surface area contributed by atoms with Crippen molar-refractivity contribution in [3.05, 3.63) is 64.5 Å². The second-order valence-corrected chi connectivity index (χ2v) is 6.17. The molecule has 0 atom stereocenters. The molecule has 8 heteroatoms. The number of carbonyl (C=O) groups is 1. The van der Waals surface area contributed by atoms with E-state index in [1.165, 1.54) is 37.3 Å². The highest BCUT2D eigenvalue weighted by molar-refractivity contribution is 5.94. The minimum absolute atomic E-state index is 0.00778. The van der Waals surface area contributed by atoms with E-state index in [4.69, 9.17) is 24.5 Å². The van der Waals surface area contributed by atoms with Crippen molar-refractivity contribution in [1.82, 2.24) is 0 Å². The van der Waals surface area contributed by atoms with Crippen LogP contribution in [0.2, 0.25) is 0 Å². The van der Waals surface area contributed by atoms with Crippen LogP contribution in [0.4, 0.5) is 0 Å². The van der Waals surface area contributed by atoms with Crippen LogP contribution in [0.5, 0.6) is 17.2 Å². The summed E-state index contributed by atoms with van der Waals surface area (Å²) in [5.74, 6) is -0.0119. The van der Waals surface area contributed by atoms with Crippen LogP contribution in [-0.4, -0.2) is 38.5 Å². The summed E-state index contributed by atoms with van der Waals surface area (Å²) in [4.78, 5) is 30.0. The van der Waals surface area contributed by atoms with Gasteiger partial charge in [0.15, 0.2) is 6.42 Å². The number of hydrogen-bond donors (Lipinski definition) is 3. The van der Waals surface area contributed by atoms with Crippen molar-refractivity contribution in [1.29, 1.82) is 0 Å². The number of rotatable bonds is 3. The van der Waals surface area contributed by atoms with Gasteiger partial charge in [-0.1, -0.05) is 6.07 Å². The molecular weight excluding hydrogens is 392 g/mol. The predicted octanol–water partition coefficient (Wildman–Crippen LogP) is 3.41. The molecule has 0 amide bonds. The van der Waals surface area contributed by atoms with Gasteiger partial charge in [0.25, 0.3) is 0 Å². The third kappa shape index (κ3) is 8.92. The van der Waals surface area contributed by atoms with E-state index < -0.39 is 5.63 Å². The largest absolute Gasteiger partial charge is 0.508 e. The molecular formula is C22H25O8+. The van der Waals surface area contributed by atoms with Gasteiger partial charge in [-0.15, -0.1) is 0 Å². The molecule has 8 nitrogen and oxygen atoms in total. The number of ether oxygens (including phenoxy) is 1. The lowest BCUT2D eigenvalue weighted by Gasteiger charge is -1.99. The molecule has 3 aromatic rings. The zero-order chi connectivity index (χ0) is 22.7. The fourth-order valence-electron chi connectivity index (χ4n) is 2.23. The van der Waals surface area contributed by atoms with Gasteiger partial charge in [-0.25, -0.2) is 4.79 Å². The Morgan fingerprint density at radius 1 is 1.03 bits per heavy atom. The molecule has 30 heavy (non-hydrogen) atoms. The number of hydrogen-bond acceptors (Lipinski definition) is 7. The Labute approximate surface area is 173 Å². The third-order valence-corrected chi connectivity index (χ3v) is 3.47. The number of aromatic hydroxyl groups is 3. The average Bonchev–Trinajstić information content (AvgIpc) is 2.61. The molecule has 0 fully saturated rings. The first-order valence-electron chi connectivity index (χ1n) is 9.00. The molecule has 0 aliphatic rings. The van der Waals surface area contributed by atoms with E-state index in [9.17, 15) is 9.59 Å². The molecule has 1 heterocycles. The second-order valence-electron chi connectivity index (χ2n) is 6.17. The average molecular weight is 417 g/mol. The summed E-state index contributed by atoms with van der Waals surface area (Å²) < 4.78 is 9.44. The van der Waals surface area contributed by atoms with Crippen LogP contribution in [0.25, 0.3) is 11.0 Å². The van der Waals surface area contributed by atoms with Crippen LogP contribution in [0.1, 0.15) is 25.8 Å². The monoisotopic (exact) mass is 417 g/mol. The topological polar surface area (TPSA) is 139 Å². The van der Waals surface area contributed by atoms with Crippen LogP contribution in [0, 0.1) is 6.92 Å². The van der Waals surface area contributed by atoms with Crippen molar-refractivity contribution in [3.63, 3.8) is 0 Å². The molecule has 0 aliphatic carbocycles. The van der Waals surface area contributed by atoms with Crippen LogP contribution in [0.3, 0.4) is 0 Å². The zero-order valence-electron chi connectivity index (χ0n) is 17.0. The van der Waals surface area contributed by atoms with Crippen LogP contribution >= 0.6 is 0 Å². The fraction of sp³-hybridized carbons (Fsp3) is 0.227. The number of aryl methyl sites for hydroxylation is 1. The highest BCUT2D eigenvalue weighted by Crippen LogP contribution is 2.20. The Kier molecular flexibility index (Phi) is 9.61. The number of phenols is 3. The molecule has 0 aliphatic heterocycles. The highest BCUT2D eigenvalue weighted by Gasteiger charge is 2.08. The maximum absolute atomic E-state index is 11.0. The van der Waals surface area contributed by atoms with Gasteiger partial charge in [0.05, 0.1) is 6.61 Å². The minimum Gasteiger partial charge on any atom is -0.508 e. The van der Waals surface area contributed by atoms with Crippen molar-refractivity contribution in [2.24, 2.45) is 0 Å². The van der Waals surface area contributed by atoms with E-state index in [1.54, 1.807) is 25.1 Å². The number of ketones is 1. The number of fused-ring (bicyclic) bond motifs is 1. The first-order chi connectivity index (χ1) is 14.1. The Hall–Kier alpha value is -3.81. The summed E-state index contributed by atoms with van der Waals surface area (Å²) in [6.07, 6.45) is 0.00778. The van der Waals surface area contributed by atoms with E-state index in [1.807, 2.05) is 6.92 Å². The smallest absolute Gasteiger partial charge is 0.336 e. The Morgan fingerprint density at radius 3 is 2.13 bits per heavy atom. The molecule has 0 bridgehead atoms. The van der Waals surface area contributed by atoms with Gasteiger partial charge in [-0.2, -0.15) is 0 Å². The quantitative estimate of drug-likeness (QED) is 0.257. The first-order valence-corrected chi connectivity index (χ1v) is 9.00. The highest BCUT2D eigenvalue weighted by atomic mass is 16.5. The van der Waals surface area contributed by atoms with Crippen molar-refractivity contribution >= 4 is 22.7 Å². The maximum atomic E-state index is 11.0. The van der Waals surface area contributed by atoms with Crippen molar-refractivity contribution in [3.8, 4) is 17.2 Å². The van der Waals surface area contributed by atoms with Crippen molar-refractivity contribution < 1.29 is 34.1 Å². The molecule has 0 unspecified atom stereocenters. The summed E-state index contributed by atoms with van der Waals surface area (Å²) in [5.41, 5.74) is 0.881. The first kappa shape index (κ1) is 24.2. The predicted molar refractivity (Wildman–Crippen MR) is 113 cm³/mol. The molecule has 0 saturated heterocycles. The summed E-state index contributed by atoms with van der Waals surface area (Å²) in [6.45, 7) is 5.39. The minimum atomic E-state index is -0.393. The lowest BCUT2D eigenvalue weighted by atomic mass is 10.1. The van der Waals surface area contributed by atoms with Crippen molar-refractivity contribution in [2.75, 3.05) is 6.61 Å². The van der Waals surface area contributed by atoms with E-state index in [-0.39, 0.29) is 35.4 Å². The van der Waals surface area contributed by atoms with Crippen LogP contribution < -0.4 is 5.63 Å². The van der Waals surface area contributed by atoms with E-state index in [0.29, 0.717) is 12.2 Å². The normalized spacial score (nSPS) is 9.57. The zero-order valence-corrected chi connectivity index (χ0v) is 17.0. The lowest BCUT2D eigenvalue weighted by Crippen LogP contribution is -2.08. The van der Waals surface area contributed by atoms with Gasteiger partial charge < -0.3 is 24.5 Å². The molecule has 0 saturated carbocycles. The molecule has 4 N–H and O–H groups in total. The summed E-state index contributed by atoms with van der Waals surface area (Å²) in [5, 5.41) is 27.3. The molecule has 0 spiro atoms. The summed E-state index contributed by atoms with van der Waals surface area (Å²) >= 11 is 0. The van der Waals surface area contributed by atoms with Gasteiger partial charge in [0.1, 0.15) is 22.8 Å². The Morgan fingerprint density at radius 2 is 1.63 bits per heavy atom.